The zero-order valence-electron chi connectivity index (χ0n) is 17.4. The van der Waals surface area contributed by atoms with Crippen molar-refractivity contribution in [1.29, 1.82) is 5.26 Å². The van der Waals surface area contributed by atoms with Crippen LogP contribution in [0.5, 0.6) is 0 Å². The van der Waals surface area contributed by atoms with Gasteiger partial charge >= 0.3 is 5.97 Å². The molecule has 4 fully saturated rings. The maximum Gasteiger partial charge on any atom is 0.348 e. The first-order valence-electron chi connectivity index (χ1n) is 11.3. The molecule has 27 heavy (non-hydrogen) atoms. The molecule has 4 rings (SSSR count). The molecule has 3 heteroatoms. The lowest BCUT2D eigenvalue weighted by molar-refractivity contribution is -0.138. The molecule has 4 saturated carbocycles. The number of carbonyl (C=O) groups excluding carboxylic acids is 1. The lowest BCUT2D eigenvalue weighted by Gasteiger charge is -2.60. The van der Waals surface area contributed by atoms with Gasteiger partial charge in [-0.25, -0.2) is 4.79 Å². The summed E-state index contributed by atoms with van der Waals surface area (Å²) in [6.45, 7) is 7.09. The minimum absolute atomic E-state index is 0.0247. The summed E-state index contributed by atoms with van der Waals surface area (Å²) < 4.78 is 5.21. The maximum absolute atomic E-state index is 12.4. The van der Waals surface area contributed by atoms with Crippen molar-refractivity contribution in [3.63, 3.8) is 0 Å². The molecular weight excluding hydrogens is 334 g/mol. The summed E-state index contributed by atoms with van der Waals surface area (Å²) in [5.41, 5.74) is 1.99. The summed E-state index contributed by atoms with van der Waals surface area (Å²) in [4.78, 5) is 12.4. The van der Waals surface area contributed by atoms with E-state index in [4.69, 9.17) is 4.74 Å². The first-order valence-corrected chi connectivity index (χ1v) is 11.3. The van der Waals surface area contributed by atoms with E-state index in [1.165, 1.54) is 44.9 Å². The van der Waals surface area contributed by atoms with Crippen LogP contribution in [0.25, 0.3) is 0 Å². The number of rotatable bonds is 2. The van der Waals surface area contributed by atoms with Crippen LogP contribution in [0.3, 0.4) is 0 Å². The molecule has 0 saturated heterocycles. The average molecular weight is 370 g/mol. The molecule has 0 aromatic heterocycles. The van der Waals surface area contributed by atoms with Crippen LogP contribution in [0.15, 0.2) is 11.1 Å². The van der Waals surface area contributed by atoms with Gasteiger partial charge < -0.3 is 4.74 Å². The van der Waals surface area contributed by atoms with E-state index in [-0.39, 0.29) is 5.41 Å². The topological polar surface area (TPSA) is 50.1 Å². The fourth-order valence-corrected chi connectivity index (χ4v) is 7.96. The van der Waals surface area contributed by atoms with E-state index in [9.17, 15) is 10.1 Å². The SMILES string of the molecule is CCOC(=O)/C(C#N)=C1/CC[C@@H]2[C@@H]3CC[C@@H]4CCCC[C@]4(C)[C@H]3CC[C@]12C. The highest BCUT2D eigenvalue weighted by Gasteiger charge is 2.59. The van der Waals surface area contributed by atoms with Crippen molar-refractivity contribution in [3.8, 4) is 6.07 Å². The van der Waals surface area contributed by atoms with E-state index < -0.39 is 5.97 Å². The number of ether oxygens (including phenoxy) is 1. The van der Waals surface area contributed by atoms with E-state index >= 15 is 0 Å². The first-order chi connectivity index (χ1) is 13.0. The molecule has 0 aliphatic heterocycles. The van der Waals surface area contributed by atoms with Crippen molar-refractivity contribution in [2.24, 2.45) is 34.5 Å². The second-order valence-corrected chi connectivity index (χ2v) is 10.1. The zero-order valence-corrected chi connectivity index (χ0v) is 17.4. The van der Waals surface area contributed by atoms with Crippen LogP contribution in [-0.2, 0) is 9.53 Å². The molecule has 3 nitrogen and oxygen atoms in total. The Balaban J connectivity index is 1.65. The number of fused-ring (bicyclic) bond motifs is 5. The van der Waals surface area contributed by atoms with Crippen molar-refractivity contribution in [2.45, 2.75) is 85.0 Å². The summed E-state index contributed by atoms with van der Waals surface area (Å²) in [6.07, 6.45) is 12.9. The minimum atomic E-state index is -0.401. The Morgan fingerprint density at radius 2 is 1.93 bits per heavy atom. The van der Waals surface area contributed by atoms with Crippen molar-refractivity contribution in [3.05, 3.63) is 11.1 Å². The molecule has 6 atom stereocenters. The molecule has 0 amide bonds. The van der Waals surface area contributed by atoms with Gasteiger partial charge in [0.2, 0.25) is 0 Å². The summed E-state index contributed by atoms with van der Waals surface area (Å²) in [5, 5.41) is 9.71. The highest BCUT2D eigenvalue weighted by atomic mass is 16.5. The Bertz CT molecular complexity index is 689. The molecule has 0 heterocycles. The fourth-order valence-electron chi connectivity index (χ4n) is 7.96. The molecule has 4 aliphatic rings. The van der Waals surface area contributed by atoms with Gasteiger partial charge in [0.25, 0.3) is 0 Å². The smallest absolute Gasteiger partial charge is 0.348 e. The number of esters is 1. The molecule has 0 bridgehead atoms. The summed E-state index contributed by atoms with van der Waals surface area (Å²) >= 11 is 0. The van der Waals surface area contributed by atoms with Gasteiger partial charge in [0.05, 0.1) is 6.61 Å². The second kappa shape index (κ2) is 6.94. The van der Waals surface area contributed by atoms with Gasteiger partial charge in [-0.2, -0.15) is 5.26 Å². The number of carbonyl (C=O) groups is 1. The molecule has 0 radical (unpaired) electrons. The summed E-state index contributed by atoms with van der Waals surface area (Å²) in [7, 11) is 0. The fraction of sp³-hybridized carbons (Fsp3) is 0.833. The average Bonchev–Trinajstić information content (AvgIpc) is 2.99. The van der Waals surface area contributed by atoms with Crippen LogP contribution in [0, 0.1) is 45.8 Å². The predicted octanol–water partition coefficient (Wildman–Crippen LogP) is 5.80. The number of nitrogens with zero attached hydrogens (tertiary/aromatic N) is 1. The Hall–Kier alpha value is -1.30. The molecule has 148 valence electrons. The van der Waals surface area contributed by atoms with Gasteiger partial charge in [0.1, 0.15) is 11.6 Å². The van der Waals surface area contributed by atoms with Gasteiger partial charge in [-0.05, 0) is 98.4 Å². The molecular formula is C24H35NO2. The Morgan fingerprint density at radius 1 is 1.11 bits per heavy atom. The van der Waals surface area contributed by atoms with E-state index in [0.29, 0.717) is 23.5 Å². The summed E-state index contributed by atoms with van der Waals surface area (Å²) in [5.74, 6) is 2.80. The van der Waals surface area contributed by atoms with Crippen LogP contribution in [-0.4, -0.2) is 12.6 Å². The van der Waals surface area contributed by atoms with Crippen LogP contribution in [0.2, 0.25) is 0 Å². The predicted molar refractivity (Wildman–Crippen MR) is 106 cm³/mol. The van der Waals surface area contributed by atoms with Crippen LogP contribution in [0.1, 0.15) is 85.0 Å². The molecule has 0 unspecified atom stereocenters. The van der Waals surface area contributed by atoms with Gasteiger partial charge in [-0.3, -0.25) is 0 Å². The van der Waals surface area contributed by atoms with Crippen molar-refractivity contribution in [2.75, 3.05) is 6.61 Å². The largest absolute Gasteiger partial charge is 0.462 e. The minimum Gasteiger partial charge on any atom is -0.462 e. The molecule has 0 aromatic carbocycles. The van der Waals surface area contributed by atoms with E-state index in [1.54, 1.807) is 0 Å². The van der Waals surface area contributed by atoms with E-state index in [0.717, 1.165) is 42.6 Å². The third-order valence-corrected chi connectivity index (χ3v) is 9.26. The lowest BCUT2D eigenvalue weighted by atomic mass is 9.45. The third-order valence-electron chi connectivity index (χ3n) is 9.26. The number of hydrogen-bond acceptors (Lipinski definition) is 3. The van der Waals surface area contributed by atoms with Crippen molar-refractivity contribution in [1.82, 2.24) is 0 Å². The highest BCUT2D eigenvalue weighted by Crippen LogP contribution is 2.67. The van der Waals surface area contributed by atoms with E-state index in [1.807, 2.05) is 6.92 Å². The summed E-state index contributed by atoms with van der Waals surface area (Å²) in [6, 6.07) is 2.22. The Kier molecular flexibility index (Phi) is 4.90. The monoisotopic (exact) mass is 369 g/mol. The maximum atomic E-state index is 12.4. The van der Waals surface area contributed by atoms with Gasteiger partial charge in [0, 0.05) is 0 Å². The normalized spacial score (nSPS) is 45.1. The standard InChI is InChI=1S/C24H35NO2/c1-4-27-22(26)18(15-25)20-11-10-19-17-9-8-16-7-5-6-13-23(16,2)21(17)12-14-24(19,20)3/h16-17,19,21H,4-14H2,1-3H3/b20-18-/t16-,17-,19+,21-,23-,24-/m0/s1. The quantitative estimate of drug-likeness (QED) is 0.351. The molecule has 0 spiro atoms. The van der Waals surface area contributed by atoms with Crippen LogP contribution >= 0.6 is 0 Å². The Morgan fingerprint density at radius 3 is 2.67 bits per heavy atom. The van der Waals surface area contributed by atoms with Crippen molar-refractivity contribution >= 4 is 5.97 Å². The second-order valence-electron chi connectivity index (χ2n) is 10.1. The van der Waals surface area contributed by atoms with Gasteiger partial charge in [0.15, 0.2) is 0 Å². The van der Waals surface area contributed by atoms with Crippen LogP contribution in [0.4, 0.5) is 0 Å². The molecule has 0 N–H and O–H groups in total. The number of allylic oxidation sites excluding steroid dienone is 1. The molecule has 0 aromatic rings. The van der Waals surface area contributed by atoms with Gasteiger partial charge in [-0.1, -0.05) is 26.7 Å². The molecule has 4 aliphatic carbocycles. The van der Waals surface area contributed by atoms with Crippen molar-refractivity contribution < 1.29 is 9.53 Å². The van der Waals surface area contributed by atoms with E-state index in [2.05, 4.69) is 19.9 Å². The zero-order chi connectivity index (χ0) is 19.2. The number of hydrogen-bond donors (Lipinski definition) is 0. The third kappa shape index (κ3) is 2.78. The van der Waals surface area contributed by atoms with Gasteiger partial charge in [-0.15, -0.1) is 0 Å². The van der Waals surface area contributed by atoms with Crippen LogP contribution < -0.4 is 0 Å². The Labute approximate surface area is 164 Å². The number of nitriles is 1. The lowest BCUT2D eigenvalue weighted by Crippen LogP contribution is -2.52. The first kappa shape index (κ1) is 19.0. The highest BCUT2D eigenvalue weighted by molar-refractivity contribution is 5.94.